The van der Waals surface area contributed by atoms with Gasteiger partial charge in [0.1, 0.15) is 5.75 Å². The minimum atomic E-state index is -0.132. The van der Waals surface area contributed by atoms with Gasteiger partial charge in [0.25, 0.3) is 0 Å². The van der Waals surface area contributed by atoms with Crippen LogP contribution in [0.4, 0.5) is 5.69 Å². The Morgan fingerprint density at radius 2 is 1.10 bits per heavy atom. The topological polar surface area (TPSA) is 35.5 Å². The number of rotatable bonds is 7. The van der Waals surface area contributed by atoms with E-state index >= 15 is 0 Å². The highest BCUT2D eigenvalue weighted by Gasteiger charge is 2.25. The fourth-order valence-corrected chi connectivity index (χ4v) is 5.21. The molecule has 3 nitrogen and oxygen atoms in total. The molecule has 0 bridgehead atoms. The van der Waals surface area contributed by atoms with E-state index < -0.39 is 0 Å². The summed E-state index contributed by atoms with van der Waals surface area (Å²) >= 11 is 0. The molecule has 3 rings (SSSR count). The summed E-state index contributed by atoms with van der Waals surface area (Å²) in [7, 11) is 2.19. The third-order valence-corrected chi connectivity index (χ3v) is 8.04. The van der Waals surface area contributed by atoms with Crippen LogP contribution >= 0.6 is 0 Å². The zero-order chi connectivity index (χ0) is 31.0. The summed E-state index contributed by atoms with van der Waals surface area (Å²) in [5.41, 5.74) is 9.87. The number of nitrogens with zero attached hydrogens (tertiary/aromatic N) is 1. The predicted molar refractivity (Wildman–Crippen MR) is 178 cm³/mol. The molecule has 0 spiro atoms. The fraction of sp³-hybridized carbons (Fsp3) is 0.526. The summed E-state index contributed by atoms with van der Waals surface area (Å²) in [5, 5.41) is 14.9. The van der Waals surface area contributed by atoms with Gasteiger partial charge in [-0.3, -0.25) is 0 Å². The highest BCUT2D eigenvalue weighted by Crippen LogP contribution is 2.38. The summed E-state index contributed by atoms with van der Waals surface area (Å²) < 4.78 is 0. The summed E-state index contributed by atoms with van der Waals surface area (Å²) in [5.74, 6) is 0.414. The lowest BCUT2D eigenvalue weighted by Crippen LogP contribution is -2.23. The quantitative estimate of drug-likeness (QED) is 0.304. The van der Waals surface area contributed by atoms with E-state index in [9.17, 15) is 5.11 Å². The predicted octanol–water partition coefficient (Wildman–Crippen LogP) is 9.51. The Morgan fingerprint density at radius 3 is 1.61 bits per heavy atom. The highest BCUT2D eigenvalue weighted by molar-refractivity contribution is 5.54. The Labute approximate surface area is 251 Å². The molecule has 0 aliphatic heterocycles. The van der Waals surface area contributed by atoms with E-state index in [1.807, 2.05) is 0 Å². The molecule has 3 heteroatoms. The SMILES string of the molecule is CN(Cc1cc(C(C)(C)C)cc(C(C)(C)C)c1)c1ccccc1CNCc1cc(C(C)(C)C)cc(C(C)(C)C)c1O. The molecule has 0 heterocycles. The molecular weight excluding hydrogens is 500 g/mol. The third kappa shape index (κ3) is 8.38. The molecule has 0 atom stereocenters. The summed E-state index contributed by atoms with van der Waals surface area (Å²) in [6, 6.07) is 20.2. The Hall–Kier alpha value is -2.78. The van der Waals surface area contributed by atoms with Crippen LogP contribution in [0.2, 0.25) is 0 Å². The van der Waals surface area contributed by atoms with Crippen LogP contribution in [0.3, 0.4) is 0 Å². The van der Waals surface area contributed by atoms with Gasteiger partial charge in [-0.05, 0) is 61.1 Å². The number of anilines is 1. The summed E-state index contributed by atoms with van der Waals surface area (Å²) in [6.45, 7) is 29.1. The molecule has 41 heavy (non-hydrogen) atoms. The van der Waals surface area contributed by atoms with Crippen molar-refractivity contribution in [3.63, 3.8) is 0 Å². The number of nitrogens with one attached hydrogen (secondary N) is 1. The number of phenolic OH excluding ortho intramolecular Hbond substituents is 1. The monoisotopic (exact) mass is 556 g/mol. The summed E-state index contributed by atoms with van der Waals surface area (Å²) in [4.78, 5) is 2.36. The van der Waals surface area contributed by atoms with Gasteiger partial charge in [0.05, 0.1) is 0 Å². The first-order valence-corrected chi connectivity index (χ1v) is 15.2. The molecule has 224 valence electrons. The number of hydrogen-bond donors (Lipinski definition) is 2. The van der Waals surface area contributed by atoms with Crippen molar-refractivity contribution in [2.75, 3.05) is 11.9 Å². The Kier molecular flexibility index (Phi) is 9.45. The minimum Gasteiger partial charge on any atom is -0.507 e. The third-order valence-electron chi connectivity index (χ3n) is 8.04. The van der Waals surface area contributed by atoms with Crippen LogP contribution in [0.1, 0.15) is 122 Å². The van der Waals surface area contributed by atoms with E-state index in [2.05, 4.69) is 155 Å². The second kappa shape index (κ2) is 11.8. The van der Waals surface area contributed by atoms with Crippen LogP contribution in [0.25, 0.3) is 0 Å². The normalized spacial score (nSPS) is 13.0. The van der Waals surface area contributed by atoms with E-state index in [1.165, 1.54) is 33.5 Å². The molecule has 0 amide bonds. The number of aromatic hydroxyl groups is 1. The molecule has 0 saturated heterocycles. The maximum atomic E-state index is 11.2. The lowest BCUT2D eigenvalue weighted by Gasteiger charge is -2.28. The molecule has 3 aromatic carbocycles. The maximum Gasteiger partial charge on any atom is 0.123 e. The molecular formula is C38H56N2O. The van der Waals surface area contributed by atoms with Gasteiger partial charge in [0.15, 0.2) is 0 Å². The van der Waals surface area contributed by atoms with Gasteiger partial charge in [-0.15, -0.1) is 0 Å². The molecule has 0 radical (unpaired) electrons. The molecule has 0 unspecified atom stereocenters. The molecule has 2 N–H and O–H groups in total. The zero-order valence-electron chi connectivity index (χ0n) is 28.2. The Balaban J connectivity index is 1.85. The molecule has 0 aliphatic rings. The van der Waals surface area contributed by atoms with Crippen LogP contribution in [-0.4, -0.2) is 12.2 Å². The maximum absolute atomic E-state index is 11.2. The van der Waals surface area contributed by atoms with Gasteiger partial charge in [0.2, 0.25) is 0 Å². The zero-order valence-corrected chi connectivity index (χ0v) is 28.2. The number of para-hydroxylation sites is 1. The van der Waals surface area contributed by atoms with Crippen LogP contribution in [-0.2, 0) is 41.3 Å². The first-order valence-electron chi connectivity index (χ1n) is 15.2. The van der Waals surface area contributed by atoms with Gasteiger partial charge in [-0.2, -0.15) is 0 Å². The Morgan fingerprint density at radius 1 is 0.610 bits per heavy atom. The van der Waals surface area contributed by atoms with Crippen LogP contribution in [0, 0.1) is 0 Å². The minimum absolute atomic E-state index is 0.00884. The van der Waals surface area contributed by atoms with E-state index in [0.29, 0.717) is 12.3 Å². The van der Waals surface area contributed by atoms with E-state index in [4.69, 9.17) is 0 Å². The van der Waals surface area contributed by atoms with Gasteiger partial charge >= 0.3 is 0 Å². The van der Waals surface area contributed by atoms with Crippen molar-refractivity contribution in [3.8, 4) is 5.75 Å². The number of hydrogen-bond acceptors (Lipinski definition) is 3. The van der Waals surface area contributed by atoms with Crippen molar-refractivity contribution in [3.05, 3.63) is 93.5 Å². The van der Waals surface area contributed by atoms with Gasteiger partial charge in [-0.25, -0.2) is 0 Å². The van der Waals surface area contributed by atoms with E-state index in [-0.39, 0.29) is 21.7 Å². The van der Waals surface area contributed by atoms with Gasteiger partial charge in [0, 0.05) is 37.9 Å². The smallest absolute Gasteiger partial charge is 0.123 e. The number of phenols is 1. The average molecular weight is 557 g/mol. The van der Waals surface area contributed by atoms with Crippen molar-refractivity contribution < 1.29 is 5.11 Å². The standard InChI is InChI=1S/C38H56N2O/c1-35(2,3)29-18-26(19-30(21-29)36(4,5)6)25-40(13)33-17-15-14-16-27(33)23-39-24-28-20-31(37(7,8)9)22-32(34(28)41)38(10,11)12/h14-22,39,41H,23-25H2,1-13H3. The van der Waals surface area contributed by atoms with Crippen molar-refractivity contribution in [1.29, 1.82) is 0 Å². The molecule has 0 fully saturated rings. The largest absolute Gasteiger partial charge is 0.507 e. The molecule has 0 aliphatic carbocycles. The second-order valence-corrected chi connectivity index (χ2v) is 16.0. The van der Waals surface area contributed by atoms with Crippen molar-refractivity contribution in [2.24, 2.45) is 0 Å². The van der Waals surface area contributed by atoms with Crippen LogP contribution in [0.15, 0.2) is 54.6 Å². The first-order chi connectivity index (χ1) is 18.7. The van der Waals surface area contributed by atoms with Crippen LogP contribution in [0.5, 0.6) is 5.75 Å². The first kappa shape index (κ1) is 32.7. The van der Waals surface area contributed by atoms with E-state index in [0.717, 1.165) is 24.2 Å². The van der Waals surface area contributed by atoms with Crippen LogP contribution < -0.4 is 10.2 Å². The summed E-state index contributed by atoms with van der Waals surface area (Å²) in [6.07, 6.45) is 0. The molecule has 0 aromatic heterocycles. The average Bonchev–Trinajstić information content (AvgIpc) is 2.82. The van der Waals surface area contributed by atoms with Crippen molar-refractivity contribution in [2.45, 2.75) is 124 Å². The lowest BCUT2D eigenvalue weighted by molar-refractivity contribution is 0.435. The lowest BCUT2D eigenvalue weighted by atomic mass is 9.79. The fourth-order valence-electron chi connectivity index (χ4n) is 5.21. The Bertz CT molecular complexity index is 1310. The number of benzene rings is 3. The van der Waals surface area contributed by atoms with Crippen molar-refractivity contribution in [1.82, 2.24) is 5.32 Å². The highest BCUT2D eigenvalue weighted by atomic mass is 16.3. The van der Waals surface area contributed by atoms with Crippen molar-refractivity contribution >= 4 is 5.69 Å². The molecule has 3 aromatic rings. The second-order valence-electron chi connectivity index (χ2n) is 16.0. The van der Waals surface area contributed by atoms with Gasteiger partial charge in [-0.1, -0.05) is 132 Å². The van der Waals surface area contributed by atoms with E-state index in [1.54, 1.807) is 0 Å². The molecule has 0 saturated carbocycles. The van der Waals surface area contributed by atoms with Gasteiger partial charge < -0.3 is 15.3 Å².